The largest absolute Gasteiger partial charge is 0.489 e. The number of carboxylic acid groups (broad SMARTS) is 1. The van der Waals surface area contributed by atoms with E-state index in [2.05, 4.69) is 4.98 Å². The number of nitrogens with zero attached hydrogens (tertiary/aromatic N) is 1. The third-order valence-corrected chi connectivity index (χ3v) is 2.91. The van der Waals surface area contributed by atoms with Crippen molar-refractivity contribution in [2.45, 2.75) is 20.0 Å². The number of pyridine rings is 1. The van der Waals surface area contributed by atoms with Gasteiger partial charge >= 0.3 is 5.97 Å². The van der Waals surface area contributed by atoms with Crippen LogP contribution in [0.1, 0.15) is 24.3 Å². The first kappa shape index (κ1) is 14.3. The first-order valence-corrected chi connectivity index (χ1v) is 6.51. The second kappa shape index (κ2) is 5.92. The van der Waals surface area contributed by atoms with Crippen molar-refractivity contribution in [1.82, 2.24) is 4.98 Å². The number of rotatable bonds is 4. The van der Waals surface area contributed by atoms with Crippen LogP contribution < -0.4 is 4.74 Å². The summed E-state index contributed by atoms with van der Waals surface area (Å²) in [5.74, 6) is -0.521. The van der Waals surface area contributed by atoms with E-state index in [0.717, 1.165) is 5.56 Å². The van der Waals surface area contributed by atoms with Crippen LogP contribution in [-0.4, -0.2) is 22.2 Å². The Hall–Kier alpha value is -2.07. The molecule has 0 saturated heterocycles. The summed E-state index contributed by atoms with van der Waals surface area (Å²) in [6, 6.07) is 8.60. The number of hydrogen-bond acceptors (Lipinski definition) is 3. The SMILES string of the molecule is CC(C)Oc1c(Cl)cccc1-c1ccnc(C(=O)O)c1. The summed E-state index contributed by atoms with van der Waals surface area (Å²) < 4.78 is 5.73. The Bertz CT molecular complexity index is 641. The van der Waals surface area contributed by atoms with Crippen molar-refractivity contribution in [3.63, 3.8) is 0 Å². The number of ether oxygens (including phenoxy) is 1. The molecule has 0 amide bonds. The highest BCUT2D eigenvalue weighted by molar-refractivity contribution is 6.32. The Morgan fingerprint density at radius 2 is 2.10 bits per heavy atom. The third kappa shape index (κ3) is 3.08. The second-order valence-corrected chi connectivity index (χ2v) is 4.93. The lowest BCUT2D eigenvalue weighted by Crippen LogP contribution is -2.07. The molecule has 2 rings (SSSR count). The van der Waals surface area contributed by atoms with Gasteiger partial charge in [-0.25, -0.2) is 9.78 Å². The minimum atomic E-state index is -1.07. The maximum Gasteiger partial charge on any atom is 0.354 e. The molecule has 0 saturated carbocycles. The quantitative estimate of drug-likeness (QED) is 0.928. The van der Waals surface area contributed by atoms with Gasteiger partial charge in [-0.3, -0.25) is 0 Å². The van der Waals surface area contributed by atoms with Crippen molar-refractivity contribution in [3.05, 3.63) is 47.2 Å². The zero-order chi connectivity index (χ0) is 14.7. The van der Waals surface area contributed by atoms with Crippen LogP contribution in [0.5, 0.6) is 5.75 Å². The van der Waals surface area contributed by atoms with Crippen molar-refractivity contribution >= 4 is 17.6 Å². The van der Waals surface area contributed by atoms with E-state index in [9.17, 15) is 4.79 Å². The van der Waals surface area contributed by atoms with Gasteiger partial charge in [0.15, 0.2) is 0 Å². The summed E-state index contributed by atoms with van der Waals surface area (Å²) in [4.78, 5) is 14.8. The number of carboxylic acids is 1. The fourth-order valence-corrected chi connectivity index (χ4v) is 2.03. The Balaban J connectivity index is 2.54. The van der Waals surface area contributed by atoms with Crippen LogP contribution in [0.3, 0.4) is 0 Å². The van der Waals surface area contributed by atoms with Crippen molar-refractivity contribution < 1.29 is 14.6 Å². The van der Waals surface area contributed by atoms with Crippen LogP contribution in [-0.2, 0) is 0 Å². The van der Waals surface area contributed by atoms with Crippen LogP contribution >= 0.6 is 11.6 Å². The molecule has 0 atom stereocenters. The van der Waals surface area contributed by atoms with Crippen LogP contribution in [0.15, 0.2) is 36.5 Å². The normalized spacial score (nSPS) is 10.6. The Morgan fingerprint density at radius 1 is 1.35 bits per heavy atom. The van der Waals surface area contributed by atoms with E-state index in [1.807, 2.05) is 19.9 Å². The van der Waals surface area contributed by atoms with E-state index in [-0.39, 0.29) is 11.8 Å². The highest BCUT2D eigenvalue weighted by Gasteiger charge is 2.14. The summed E-state index contributed by atoms with van der Waals surface area (Å²) in [5, 5.41) is 9.50. The maximum absolute atomic E-state index is 11.0. The van der Waals surface area contributed by atoms with Gasteiger partial charge in [-0.2, -0.15) is 0 Å². The van der Waals surface area contributed by atoms with Crippen LogP contribution in [0.4, 0.5) is 0 Å². The number of aromatic carboxylic acids is 1. The molecule has 0 spiro atoms. The van der Waals surface area contributed by atoms with E-state index in [1.165, 1.54) is 12.3 Å². The zero-order valence-corrected chi connectivity index (χ0v) is 11.9. The molecule has 1 N–H and O–H groups in total. The standard InChI is InChI=1S/C15H14ClNO3/c1-9(2)20-14-11(4-3-5-12(14)16)10-6-7-17-13(8-10)15(18)19/h3-9H,1-2H3,(H,18,19). The molecule has 0 aliphatic heterocycles. The third-order valence-electron chi connectivity index (χ3n) is 2.61. The highest BCUT2D eigenvalue weighted by Crippen LogP contribution is 2.36. The van der Waals surface area contributed by atoms with Gasteiger partial charge in [0.25, 0.3) is 0 Å². The van der Waals surface area contributed by atoms with Crippen molar-refractivity contribution in [2.24, 2.45) is 0 Å². The van der Waals surface area contributed by atoms with Crippen molar-refractivity contribution in [3.8, 4) is 16.9 Å². The predicted molar refractivity (Wildman–Crippen MR) is 77.4 cm³/mol. The molecule has 5 heteroatoms. The molecule has 0 unspecified atom stereocenters. The lowest BCUT2D eigenvalue weighted by atomic mass is 10.0. The number of hydrogen-bond donors (Lipinski definition) is 1. The summed E-state index contributed by atoms with van der Waals surface area (Å²) in [6.45, 7) is 3.81. The molecule has 0 aliphatic rings. The fourth-order valence-electron chi connectivity index (χ4n) is 1.81. The molecular formula is C15H14ClNO3. The van der Waals surface area contributed by atoms with Gasteiger partial charge in [-0.1, -0.05) is 23.7 Å². The Kier molecular flexibility index (Phi) is 4.25. The second-order valence-electron chi connectivity index (χ2n) is 4.52. The van der Waals surface area contributed by atoms with E-state index in [1.54, 1.807) is 18.2 Å². The van der Waals surface area contributed by atoms with Gasteiger partial charge in [0.05, 0.1) is 11.1 Å². The summed E-state index contributed by atoms with van der Waals surface area (Å²) in [7, 11) is 0. The topological polar surface area (TPSA) is 59.4 Å². The number of halogens is 1. The van der Waals surface area contributed by atoms with E-state index >= 15 is 0 Å². The van der Waals surface area contributed by atoms with Crippen LogP contribution in [0, 0.1) is 0 Å². The molecule has 0 radical (unpaired) electrons. The minimum absolute atomic E-state index is 0.0158. The molecule has 20 heavy (non-hydrogen) atoms. The molecule has 1 aromatic heterocycles. The fraction of sp³-hybridized carbons (Fsp3) is 0.200. The number of aromatic nitrogens is 1. The predicted octanol–water partition coefficient (Wildman–Crippen LogP) is 3.89. The van der Waals surface area contributed by atoms with Crippen molar-refractivity contribution in [1.29, 1.82) is 0 Å². The molecule has 4 nitrogen and oxygen atoms in total. The molecule has 0 aliphatic carbocycles. The van der Waals surface area contributed by atoms with Gasteiger partial charge in [0, 0.05) is 11.8 Å². The molecule has 1 aromatic carbocycles. The first-order chi connectivity index (χ1) is 9.49. The molecule has 0 bridgehead atoms. The van der Waals surface area contributed by atoms with Gasteiger partial charge in [-0.15, -0.1) is 0 Å². The molecule has 0 fully saturated rings. The van der Waals surface area contributed by atoms with Gasteiger partial charge in [0.1, 0.15) is 11.4 Å². The number of carbonyl (C=O) groups is 1. The summed E-state index contributed by atoms with van der Waals surface area (Å²) in [6.07, 6.45) is 1.42. The lowest BCUT2D eigenvalue weighted by Gasteiger charge is -2.16. The van der Waals surface area contributed by atoms with Crippen molar-refractivity contribution in [2.75, 3.05) is 0 Å². The lowest BCUT2D eigenvalue weighted by molar-refractivity contribution is 0.0690. The minimum Gasteiger partial charge on any atom is -0.489 e. The molecule has 104 valence electrons. The summed E-state index contributed by atoms with van der Waals surface area (Å²) in [5.41, 5.74) is 1.43. The maximum atomic E-state index is 11.0. The zero-order valence-electron chi connectivity index (χ0n) is 11.1. The van der Waals surface area contributed by atoms with Crippen LogP contribution in [0.25, 0.3) is 11.1 Å². The average molecular weight is 292 g/mol. The first-order valence-electron chi connectivity index (χ1n) is 6.14. The summed E-state index contributed by atoms with van der Waals surface area (Å²) >= 11 is 6.17. The Morgan fingerprint density at radius 3 is 2.75 bits per heavy atom. The molecular weight excluding hydrogens is 278 g/mol. The number of para-hydroxylation sites is 1. The van der Waals surface area contributed by atoms with Crippen LogP contribution in [0.2, 0.25) is 5.02 Å². The van der Waals surface area contributed by atoms with Gasteiger partial charge < -0.3 is 9.84 Å². The van der Waals surface area contributed by atoms with Gasteiger partial charge in [-0.05, 0) is 37.6 Å². The van der Waals surface area contributed by atoms with Gasteiger partial charge in [0.2, 0.25) is 0 Å². The highest BCUT2D eigenvalue weighted by atomic mass is 35.5. The monoisotopic (exact) mass is 291 g/mol. The van der Waals surface area contributed by atoms with E-state index in [4.69, 9.17) is 21.4 Å². The van der Waals surface area contributed by atoms with E-state index < -0.39 is 5.97 Å². The Labute approximate surface area is 122 Å². The molecule has 2 aromatic rings. The average Bonchev–Trinajstić information content (AvgIpc) is 2.41. The molecule has 1 heterocycles. The number of benzene rings is 1. The smallest absolute Gasteiger partial charge is 0.354 e. The van der Waals surface area contributed by atoms with E-state index in [0.29, 0.717) is 16.3 Å².